The highest BCUT2D eigenvalue weighted by atomic mass is 16.7. The van der Waals surface area contributed by atoms with Crippen LogP contribution in [-0.4, -0.2) is 37.4 Å². The van der Waals surface area contributed by atoms with Crippen molar-refractivity contribution >= 4 is 11.9 Å². The van der Waals surface area contributed by atoms with Gasteiger partial charge in [-0.3, -0.25) is 0 Å². The molecule has 0 bridgehead atoms. The lowest BCUT2D eigenvalue weighted by atomic mass is 10.0. The molecule has 1 unspecified atom stereocenters. The number of aliphatic hydroxyl groups is 1. The average molecular weight is 358 g/mol. The van der Waals surface area contributed by atoms with E-state index < -0.39 is 17.7 Å². The Morgan fingerprint density at radius 2 is 1.92 bits per heavy atom. The molecule has 7 nitrogen and oxygen atoms in total. The fraction of sp³-hybridized carbons (Fsp3) is 0.263. The SMILES string of the molecule is COCCOc1ccc2c(c1)C(=O)OC2(O)C(=O)OCc1ccccc1. The molecule has 1 N–H and O–H groups in total. The van der Waals surface area contributed by atoms with E-state index in [1.54, 1.807) is 31.4 Å². The van der Waals surface area contributed by atoms with E-state index in [4.69, 9.17) is 18.9 Å². The Morgan fingerprint density at radius 1 is 1.15 bits per heavy atom. The van der Waals surface area contributed by atoms with Crippen LogP contribution in [0.25, 0.3) is 0 Å². The van der Waals surface area contributed by atoms with E-state index in [1.165, 1.54) is 18.2 Å². The summed E-state index contributed by atoms with van der Waals surface area (Å²) in [4.78, 5) is 24.4. The molecule has 1 aliphatic heterocycles. The van der Waals surface area contributed by atoms with E-state index in [2.05, 4.69) is 0 Å². The number of rotatable bonds is 7. The molecule has 7 heteroatoms. The van der Waals surface area contributed by atoms with Gasteiger partial charge in [-0.15, -0.1) is 0 Å². The molecule has 2 aromatic rings. The van der Waals surface area contributed by atoms with Crippen LogP contribution in [0.4, 0.5) is 0 Å². The van der Waals surface area contributed by atoms with E-state index in [0.29, 0.717) is 19.0 Å². The molecule has 0 saturated heterocycles. The molecule has 3 rings (SSSR count). The number of carbonyl (C=O) groups is 2. The van der Waals surface area contributed by atoms with Crippen molar-refractivity contribution in [3.8, 4) is 5.75 Å². The third-order valence-electron chi connectivity index (χ3n) is 3.86. The van der Waals surface area contributed by atoms with E-state index in [0.717, 1.165) is 5.56 Å². The lowest BCUT2D eigenvalue weighted by Crippen LogP contribution is -2.37. The first kappa shape index (κ1) is 17.9. The van der Waals surface area contributed by atoms with E-state index in [-0.39, 0.29) is 17.7 Å². The molecule has 0 aliphatic carbocycles. The maximum Gasteiger partial charge on any atom is 0.385 e. The highest BCUT2D eigenvalue weighted by molar-refractivity contribution is 6.00. The Balaban J connectivity index is 1.75. The molecule has 1 aliphatic rings. The van der Waals surface area contributed by atoms with Crippen LogP contribution >= 0.6 is 0 Å². The van der Waals surface area contributed by atoms with Gasteiger partial charge in [0.15, 0.2) is 0 Å². The quantitative estimate of drug-likeness (QED) is 0.596. The number of esters is 2. The van der Waals surface area contributed by atoms with Gasteiger partial charge in [0.05, 0.1) is 17.7 Å². The second kappa shape index (κ2) is 7.55. The first-order chi connectivity index (χ1) is 12.5. The monoisotopic (exact) mass is 358 g/mol. The summed E-state index contributed by atoms with van der Waals surface area (Å²) < 4.78 is 20.3. The summed E-state index contributed by atoms with van der Waals surface area (Å²) in [5, 5.41) is 10.6. The molecule has 0 aromatic heterocycles. The molecular formula is C19H18O7. The van der Waals surface area contributed by atoms with Crippen LogP contribution in [0, 0.1) is 0 Å². The van der Waals surface area contributed by atoms with E-state index >= 15 is 0 Å². The predicted molar refractivity (Wildman–Crippen MR) is 89.4 cm³/mol. The van der Waals surface area contributed by atoms with Gasteiger partial charge < -0.3 is 24.1 Å². The molecule has 0 saturated carbocycles. The Morgan fingerprint density at radius 3 is 2.65 bits per heavy atom. The number of hydrogen-bond acceptors (Lipinski definition) is 7. The Hall–Kier alpha value is -2.90. The van der Waals surface area contributed by atoms with Crippen molar-refractivity contribution in [3.63, 3.8) is 0 Å². The Bertz CT molecular complexity index is 803. The number of ether oxygens (including phenoxy) is 4. The minimum Gasteiger partial charge on any atom is -0.491 e. The minimum atomic E-state index is -2.47. The first-order valence-electron chi connectivity index (χ1n) is 7.97. The van der Waals surface area contributed by atoms with E-state index in [1.807, 2.05) is 6.07 Å². The summed E-state index contributed by atoms with van der Waals surface area (Å²) in [7, 11) is 1.55. The molecule has 1 heterocycles. The Labute approximate surface area is 150 Å². The van der Waals surface area contributed by atoms with E-state index in [9.17, 15) is 14.7 Å². The maximum atomic E-state index is 12.3. The number of hydrogen-bond donors (Lipinski definition) is 1. The zero-order valence-electron chi connectivity index (χ0n) is 14.1. The van der Waals surface area contributed by atoms with Crippen molar-refractivity contribution in [1.82, 2.24) is 0 Å². The smallest absolute Gasteiger partial charge is 0.385 e. The highest BCUT2D eigenvalue weighted by Crippen LogP contribution is 2.37. The lowest BCUT2D eigenvalue weighted by molar-refractivity contribution is -0.211. The maximum absolute atomic E-state index is 12.3. The van der Waals surface area contributed by atoms with Crippen LogP contribution in [-0.2, 0) is 31.4 Å². The predicted octanol–water partition coefficient (Wildman–Crippen LogP) is 1.77. The second-order valence-electron chi connectivity index (χ2n) is 5.64. The fourth-order valence-electron chi connectivity index (χ4n) is 2.54. The minimum absolute atomic E-state index is 0.0275. The molecule has 0 fully saturated rings. The molecule has 1 atom stereocenters. The summed E-state index contributed by atoms with van der Waals surface area (Å²) in [5.41, 5.74) is 0.828. The van der Waals surface area contributed by atoms with Crippen molar-refractivity contribution in [1.29, 1.82) is 0 Å². The third-order valence-corrected chi connectivity index (χ3v) is 3.86. The molecule has 0 amide bonds. The molecule has 0 radical (unpaired) electrons. The summed E-state index contributed by atoms with van der Waals surface area (Å²) in [6.45, 7) is 0.637. The number of methoxy groups -OCH3 is 1. The third kappa shape index (κ3) is 3.54. The summed E-state index contributed by atoms with van der Waals surface area (Å²) in [6.07, 6.45) is 0. The Kier molecular flexibility index (Phi) is 5.20. The number of benzene rings is 2. The van der Waals surface area contributed by atoms with Gasteiger partial charge in [0, 0.05) is 7.11 Å². The van der Waals surface area contributed by atoms with Crippen LogP contribution in [0.1, 0.15) is 21.5 Å². The lowest BCUT2D eigenvalue weighted by Gasteiger charge is -2.20. The largest absolute Gasteiger partial charge is 0.491 e. The van der Waals surface area contributed by atoms with Crippen molar-refractivity contribution in [2.24, 2.45) is 0 Å². The first-order valence-corrected chi connectivity index (χ1v) is 7.97. The fourth-order valence-corrected chi connectivity index (χ4v) is 2.54. The molecular weight excluding hydrogens is 340 g/mol. The van der Waals surface area contributed by atoms with Gasteiger partial charge in [0.25, 0.3) is 0 Å². The van der Waals surface area contributed by atoms with Gasteiger partial charge >= 0.3 is 17.7 Å². The van der Waals surface area contributed by atoms with Crippen LogP contribution in [0.2, 0.25) is 0 Å². The van der Waals surface area contributed by atoms with Gasteiger partial charge in [0.1, 0.15) is 19.0 Å². The van der Waals surface area contributed by atoms with Crippen LogP contribution in [0.15, 0.2) is 48.5 Å². The van der Waals surface area contributed by atoms with Gasteiger partial charge in [0.2, 0.25) is 0 Å². The van der Waals surface area contributed by atoms with Crippen molar-refractivity contribution < 1.29 is 33.6 Å². The van der Waals surface area contributed by atoms with Crippen molar-refractivity contribution in [2.75, 3.05) is 20.3 Å². The van der Waals surface area contributed by atoms with Crippen LogP contribution in [0.3, 0.4) is 0 Å². The average Bonchev–Trinajstić information content (AvgIpc) is 2.92. The van der Waals surface area contributed by atoms with Gasteiger partial charge in [-0.2, -0.15) is 0 Å². The zero-order chi connectivity index (χ0) is 18.6. The van der Waals surface area contributed by atoms with Gasteiger partial charge in [-0.25, -0.2) is 9.59 Å². The van der Waals surface area contributed by atoms with Crippen molar-refractivity contribution in [2.45, 2.75) is 12.4 Å². The summed E-state index contributed by atoms with van der Waals surface area (Å²) in [5.74, 6) is -3.94. The molecule has 136 valence electrons. The standard InChI is InChI=1S/C19H18O7/c1-23-9-10-24-14-7-8-16-15(11-14)17(20)26-19(16,22)18(21)25-12-13-5-3-2-4-6-13/h2-8,11,22H,9-10,12H2,1H3. The summed E-state index contributed by atoms with van der Waals surface area (Å²) >= 11 is 0. The van der Waals surface area contributed by atoms with Gasteiger partial charge in [-0.1, -0.05) is 30.3 Å². The topological polar surface area (TPSA) is 91.3 Å². The van der Waals surface area contributed by atoms with Crippen LogP contribution in [0.5, 0.6) is 5.75 Å². The molecule has 0 spiro atoms. The highest BCUT2D eigenvalue weighted by Gasteiger charge is 2.52. The normalized spacial score (nSPS) is 18.2. The molecule has 2 aromatic carbocycles. The second-order valence-corrected chi connectivity index (χ2v) is 5.64. The molecule has 26 heavy (non-hydrogen) atoms. The number of fused-ring (bicyclic) bond motifs is 1. The van der Waals surface area contributed by atoms with Crippen molar-refractivity contribution in [3.05, 3.63) is 65.2 Å². The summed E-state index contributed by atoms with van der Waals surface area (Å²) in [6, 6.07) is 13.3. The van der Waals surface area contributed by atoms with Gasteiger partial charge in [-0.05, 0) is 23.8 Å². The number of cyclic esters (lactones) is 1. The number of carbonyl (C=O) groups excluding carboxylic acids is 2. The zero-order valence-corrected chi connectivity index (χ0v) is 14.1. The van der Waals surface area contributed by atoms with Crippen LogP contribution < -0.4 is 4.74 Å².